The Morgan fingerprint density at radius 2 is 1.80 bits per heavy atom. The monoisotopic (exact) mass is 451 g/mol. The molecular weight excluding hydrogens is 432 g/mol. The Morgan fingerprint density at radius 3 is 2.47 bits per heavy atom. The lowest BCUT2D eigenvalue weighted by Gasteiger charge is -2.23. The van der Waals surface area contributed by atoms with Gasteiger partial charge in [-0.1, -0.05) is 35.3 Å². The Bertz CT molecular complexity index is 966. The molecular formula is C21H20Cl2FN3O3. The van der Waals surface area contributed by atoms with Crippen molar-refractivity contribution < 1.29 is 18.8 Å². The van der Waals surface area contributed by atoms with Gasteiger partial charge in [0.15, 0.2) is 0 Å². The van der Waals surface area contributed by atoms with E-state index in [1.165, 1.54) is 30.3 Å². The normalized spacial score (nSPS) is 12.9. The van der Waals surface area contributed by atoms with Crippen LogP contribution in [0, 0.1) is 5.82 Å². The fourth-order valence-corrected chi connectivity index (χ4v) is 3.40. The number of rotatable bonds is 8. The first-order valence-corrected chi connectivity index (χ1v) is 10.1. The SMILES string of the molecule is O=C(CNC(=O)c1ccc(Cl)cc1Cl)NCC(=O)N(Cc1cccc(F)c1)C1CC1. The second-order valence-corrected chi connectivity index (χ2v) is 7.81. The molecule has 0 aliphatic heterocycles. The molecule has 2 N–H and O–H groups in total. The van der Waals surface area contributed by atoms with E-state index in [1.54, 1.807) is 17.0 Å². The maximum Gasteiger partial charge on any atom is 0.253 e. The van der Waals surface area contributed by atoms with Crippen molar-refractivity contribution in [2.45, 2.75) is 25.4 Å². The number of carbonyl (C=O) groups excluding carboxylic acids is 3. The smallest absolute Gasteiger partial charge is 0.253 e. The number of carbonyl (C=O) groups is 3. The molecule has 0 bridgehead atoms. The minimum Gasteiger partial charge on any atom is -0.345 e. The van der Waals surface area contributed by atoms with E-state index in [2.05, 4.69) is 10.6 Å². The van der Waals surface area contributed by atoms with E-state index in [1.807, 2.05) is 0 Å². The predicted molar refractivity (Wildman–Crippen MR) is 112 cm³/mol. The Hall–Kier alpha value is -2.64. The molecule has 9 heteroatoms. The van der Waals surface area contributed by atoms with Gasteiger partial charge < -0.3 is 15.5 Å². The molecule has 0 atom stereocenters. The maximum atomic E-state index is 13.4. The minimum absolute atomic E-state index is 0.101. The summed E-state index contributed by atoms with van der Waals surface area (Å²) in [6, 6.07) is 10.6. The Labute approximate surface area is 183 Å². The lowest BCUT2D eigenvalue weighted by atomic mass is 10.2. The molecule has 0 heterocycles. The van der Waals surface area contributed by atoms with Crippen LogP contribution in [0.4, 0.5) is 4.39 Å². The molecule has 158 valence electrons. The van der Waals surface area contributed by atoms with Gasteiger partial charge in [0, 0.05) is 17.6 Å². The standard InChI is InChI=1S/C21H20Cl2FN3O3/c22-14-4-7-17(18(23)9-14)21(30)26-10-19(28)25-11-20(29)27(16-5-6-16)12-13-2-1-3-15(24)8-13/h1-4,7-9,16H,5-6,10-12H2,(H,25,28)(H,26,30). The summed E-state index contributed by atoms with van der Waals surface area (Å²) in [6.07, 6.45) is 1.76. The fraction of sp³-hybridized carbons (Fsp3) is 0.286. The maximum absolute atomic E-state index is 13.4. The predicted octanol–water partition coefficient (Wildman–Crippen LogP) is 3.17. The van der Waals surface area contributed by atoms with Crippen molar-refractivity contribution in [1.29, 1.82) is 0 Å². The molecule has 1 aliphatic rings. The molecule has 3 amide bonds. The van der Waals surface area contributed by atoms with Crippen molar-refractivity contribution in [3.63, 3.8) is 0 Å². The molecule has 2 aromatic carbocycles. The van der Waals surface area contributed by atoms with Gasteiger partial charge in [0.25, 0.3) is 5.91 Å². The number of amides is 3. The van der Waals surface area contributed by atoms with Crippen LogP contribution in [0.25, 0.3) is 0 Å². The van der Waals surface area contributed by atoms with Crippen LogP contribution in [0.5, 0.6) is 0 Å². The summed E-state index contributed by atoms with van der Waals surface area (Å²) < 4.78 is 13.4. The first-order chi connectivity index (χ1) is 14.3. The Balaban J connectivity index is 1.48. The molecule has 2 aromatic rings. The van der Waals surface area contributed by atoms with E-state index in [0.717, 1.165) is 12.8 Å². The van der Waals surface area contributed by atoms with Crippen LogP contribution in [0.3, 0.4) is 0 Å². The zero-order chi connectivity index (χ0) is 21.7. The molecule has 1 aliphatic carbocycles. The molecule has 0 saturated heterocycles. The van der Waals surface area contributed by atoms with Crippen LogP contribution < -0.4 is 10.6 Å². The highest BCUT2D eigenvalue weighted by Crippen LogP contribution is 2.28. The third-order valence-electron chi connectivity index (χ3n) is 4.57. The lowest BCUT2D eigenvalue weighted by Crippen LogP contribution is -2.44. The van der Waals surface area contributed by atoms with E-state index in [-0.39, 0.29) is 48.0 Å². The van der Waals surface area contributed by atoms with Crippen LogP contribution in [-0.4, -0.2) is 41.8 Å². The summed E-state index contributed by atoms with van der Waals surface area (Å²) in [4.78, 5) is 38.4. The first kappa shape index (κ1) is 22.1. The van der Waals surface area contributed by atoms with Crippen molar-refractivity contribution in [3.8, 4) is 0 Å². The van der Waals surface area contributed by atoms with Gasteiger partial charge in [-0.05, 0) is 48.7 Å². The molecule has 1 fully saturated rings. The summed E-state index contributed by atoms with van der Waals surface area (Å²) in [6.45, 7) is -0.233. The highest BCUT2D eigenvalue weighted by Gasteiger charge is 2.32. The number of hydrogen-bond donors (Lipinski definition) is 2. The minimum atomic E-state index is -0.524. The third-order valence-corrected chi connectivity index (χ3v) is 5.12. The Kier molecular flexibility index (Phi) is 7.29. The van der Waals surface area contributed by atoms with Crippen molar-refractivity contribution >= 4 is 40.9 Å². The van der Waals surface area contributed by atoms with Gasteiger partial charge in [0.1, 0.15) is 5.82 Å². The summed E-state index contributed by atoms with van der Waals surface area (Å²) in [7, 11) is 0. The number of nitrogens with one attached hydrogen (secondary N) is 2. The number of hydrogen-bond acceptors (Lipinski definition) is 3. The van der Waals surface area contributed by atoms with Crippen molar-refractivity contribution in [2.75, 3.05) is 13.1 Å². The molecule has 30 heavy (non-hydrogen) atoms. The van der Waals surface area contributed by atoms with Gasteiger partial charge >= 0.3 is 0 Å². The zero-order valence-electron chi connectivity index (χ0n) is 16.0. The summed E-state index contributed by atoms with van der Waals surface area (Å²) >= 11 is 11.8. The zero-order valence-corrected chi connectivity index (χ0v) is 17.5. The topological polar surface area (TPSA) is 78.5 Å². The molecule has 1 saturated carbocycles. The van der Waals surface area contributed by atoms with Crippen molar-refractivity contribution in [2.24, 2.45) is 0 Å². The summed E-state index contributed by atoms with van der Waals surface area (Å²) in [5.41, 5.74) is 0.883. The van der Waals surface area contributed by atoms with Crippen LogP contribution in [-0.2, 0) is 16.1 Å². The van der Waals surface area contributed by atoms with Crippen LogP contribution in [0.15, 0.2) is 42.5 Å². The quantitative estimate of drug-likeness (QED) is 0.646. The molecule has 0 unspecified atom stereocenters. The van der Waals surface area contributed by atoms with E-state index in [0.29, 0.717) is 10.6 Å². The molecule has 0 aromatic heterocycles. The Morgan fingerprint density at radius 1 is 1.03 bits per heavy atom. The van der Waals surface area contributed by atoms with Gasteiger partial charge in [-0.2, -0.15) is 0 Å². The van der Waals surface area contributed by atoms with E-state index >= 15 is 0 Å². The van der Waals surface area contributed by atoms with Gasteiger partial charge in [0.2, 0.25) is 11.8 Å². The number of nitrogens with zero attached hydrogens (tertiary/aromatic N) is 1. The second-order valence-electron chi connectivity index (χ2n) is 6.97. The first-order valence-electron chi connectivity index (χ1n) is 9.37. The van der Waals surface area contributed by atoms with Crippen molar-refractivity contribution in [3.05, 3.63) is 69.5 Å². The number of halogens is 3. The fourth-order valence-electron chi connectivity index (χ4n) is 2.91. The van der Waals surface area contributed by atoms with Crippen LogP contribution in [0.1, 0.15) is 28.8 Å². The van der Waals surface area contributed by atoms with Crippen molar-refractivity contribution in [1.82, 2.24) is 15.5 Å². The average molecular weight is 452 g/mol. The van der Waals surface area contributed by atoms with Gasteiger partial charge in [0.05, 0.1) is 23.7 Å². The van der Waals surface area contributed by atoms with E-state index in [9.17, 15) is 18.8 Å². The van der Waals surface area contributed by atoms with E-state index < -0.39 is 11.8 Å². The summed E-state index contributed by atoms with van der Waals surface area (Å²) in [5, 5.41) is 5.52. The number of benzene rings is 2. The molecule has 6 nitrogen and oxygen atoms in total. The highest BCUT2D eigenvalue weighted by atomic mass is 35.5. The van der Waals surface area contributed by atoms with E-state index in [4.69, 9.17) is 23.2 Å². The highest BCUT2D eigenvalue weighted by molar-refractivity contribution is 6.36. The third kappa shape index (κ3) is 6.18. The second kappa shape index (κ2) is 9.91. The molecule has 0 spiro atoms. The van der Waals surface area contributed by atoms with Gasteiger partial charge in [-0.15, -0.1) is 0 Å². The lowest BCUT2D eigenvalue weighted by molar-refractivity contribution is -0.133. The molecule has 0 radical (unpaired) electrons. The van der Waals surface area contributed by atoms with Gasteiger partial charge in [-0.25, -0.2) is 4.39 Å². The van der Waals surface area contributed by atoms with Gasteiger partial charge in [-0.3, -0.25) is 14.4 Å². The average Bonchev–Trinajstić information content (AvgIpc) is 3.53. The van der Waals surface area contributed by atoms with Crippen LogP contribution in [0.2, 0.25) is 10.0 Å². The summed E-state index contributed by atoms with van der Waals surface area (Å²) in [5.74, 6) is -1.66. The largest absolute Gasteiger partial charge is 0.345 e. The molecule has 3 rings (SSSR count). The van der Waals surface area contributed by atoms with Crippen LogP contribution >= 0.6 is 23.2 Å².